The molecule has 0 aliphatic heterocycles. The van der Waals surface area contributed by atoms with Crippen LogP contribution in [0.3, 0.4) is 0 Å². The molecule has 0 saturated heterocycles. The maximum absolute atomic E-state index is 13.2. The summed E-state index contributed by atoms with van der Waals surface area (Å²) >= 11 is 7.89. The van der Waals surface area contributed by atoms with Crippen molar-refractivity contribution in [3.63, 3.8) is 0 Å². The van der Waals surface area contributed by atoms with Gasteiger partial charge in [0.15, 0.2) is 5.69 Å². The van der Waals surface area contributed by atoms with Crippen molar-refractivity contribution in [1.82, 2.24) is 9.55 Å². The van der Waals surface area contributed by atoms with Gasteiger partial charge in [-0.25, -0.2) is 4.98 Å². The third-order valence-electron chi connectivity index (χ3n) is 3.65. The van der Waals surface area contributed by atoms with Crippen molar-refractivity contribution in [3.8, 4) is 0 Å². The molecular weight excluding hydrogens is 525 g/mol. The van der Waals surface area contributed by atoms with E-state index in [2.05, 4.69) is 20.9 Å². The van der Waals surface area contributed by atoms with Crippen LogP contribution in [0.1, 0.15) is 23.7 Å². The molecule has 1 N–H and O–H groups in total. The van der Waals surface area contributed by atoms with Crippen LogP contribution in [0.15, 0.2) is 21.4 Å². The Morgan fingerprint density at radius 3 is 2.03 bits per heavy atom. The van der Waals surface area contributed by atoms with E-state index >= 15 is 0 Å². The van der Waals surface area contributed by atoms with Gasteiger partial charge in [-0.3, -0.25) is 9.36 Å². The average Bonchev–Trinajstić information content (AvgIpc) is 2.56. The van der Waals surface area contributed by atoms with E-state index in [1.165, 1.54) is 6.92 Å². The van der Waals surface area contributed by atoms with Crippen molar-refractivity contribution in [2.24, 2.45) is 0 Å². The first-order chi connectivity index (χ1) is 13.5. The number of halogens is 11. The van der Waals surface area contributed by atoms with Gasteiger partial charge in [0.25, 0.3) is 5.56 Å². The zero-order valence-corrected chi connectivity index (χ0v) is 16.7. The topological polar surface area (TPSA) is 46.9 Å². The Labute approximate surface area is 174 Å². The number of hydrogen-bond acceptors (Lipinski definition) is 3. The predicted molar refractivity (Wildman–Crippen MR) is 91.6 cm³/mol. The van der Waals surface area contributed by atoms with Crippen molar-refractivity contribution >= 4 is 39.2 Å². The molecule has 4 nitrogen and oxygen atoms in total. The maximum Gasteiger partial charge on any atom is 0.435 e. The minimum Gasteiger partial charge on any atom is -0.324 e. The zero-order valence-electron chi connectivity index (χ0n) is 14.3. The number of aromatic nitrogens is 2. The second-order valence-electron chi connectivity index (χ2n) is 5.65. The molecule has 0 atom stereocenters. The highest BCUT2D eigenvalue weighted by molar-refractivity contribution is 9.10. The Morgan fingerprint density at radius 2 is 1.60 bits per heavy atom. The van der Waals surface area contributed by atoms with Gasteiger partial charge in [0.1, 0.15) is 5.02 Å². The van der Waals surface area contributed by atoms with Crippen molar-refractivity contribution < 1.29 is 39.5 Å². The van der Waals surface area contributed by atoms with Gasteiger partial charge in [0.2, 0.25) is 5.95 Å². The molecular formula is C15H8BrClF9N3O. The van der Waals surface area contributed by atoms with Crippen LogP contribution < -0.4 is 10.9 Å². The van der Waals surface area contributed by atoms with E-state index in [1.54, 1.807) is 0 Å². The Hall–Kier alpha value is -1.96. The molecule has 1 heterocycles. The number of hydrogen-bond donors (Lipinski definition) is 1. The van der Waals surface area contributed by atoms with Gasteiger partial charge in [0, 0.05) is 6.54 Å². The summed E-state index contributed by atoms with van der Waals surface area (Å²) in [5, 5.41) is 0.646. The van der Waals surface area contributed by atoms with Gasteiger partial charge < -0.3 is 5.32 Å². The lowest BCUT2D eigenvalue weighted by atomic mass is 10.1. The van der Waals surface area contributed by atoms with E-state index in [-0.39, 0.29) is 18.7 Å². The lowest BCUT2D eigenvalue weighted by Crippen LogP contribution is -2.28. The zero-order chi connectivity index (χ0) is 23.2. The standard InChI is InChI=1S/C15H8BrClF9N3O/c1-2-29-11(30)9(17)10(15(24,25)26)28-12(29)27-7-4-5(13(18,19)20)3-6(8(7)16)14(21,22)23/h3-4H,2H2,1H3,(H,27,28). The number of rotatable bonds is 3. The fourth-order valence-corrected chi connectivity index (χ4v) is 3.12. The van der Waals surface area contributed by atoms with Gasteiger partial charge >= 0.3 is 18.5 Å². The third kappa shape index (κ3) is 4.85. The Kier molecular flexibility index (Phi) is 6.44. The van der Waals surface area contributed by atoms with E-state index < -0.39 is 62.0 Å². The maximum atomic E-state index is 13.2. The summed E-state index contributed by atoms with van der Waals surface area (Å²) in [7, 11) is 0. The van der Waals surface area contributed by atoms with Gasteiger partial charge in [-0.1, -0.05) is 11.6 Å². The second kappa shape index (κ2) is 7.94. The molecule has 0 spiro atoms. The summed E-state index contributed by atoms with van der Waals surface area (Å²) in [6.07, 6.45) is -15.6. The molecule has 0 fully saturated rings. The molecule has 0 aliphatic rings. The van der Waals surface area contributed by atoms with Crippen LogP contribution >= 0.6 is 27.5 Å². The molecule has 0 bridgehead atoms. The first-order valence-electron chi connectivity index (χ1n) is 7.61. The highest BCUT2D eigenvalue weighted by atomic mass is 79.9. The lowest BCUT2D eigenvalue weighted by molar-refractivity contribution is -0.143. The van der Waals surface area contributed by atoms with E-state index in [0.717, 1.165) is 0 Å². The lowest BCUT2D eigenvalue weighted by Gasteiger charge is -2.20. The molecule has 166 valence electrons. The SMILES string of the molecule is CCn1c(Nc2cc(C(F)(F)F)cc(C(F)(F)F)c2Br)nc(C(F)(F)F)c(Cl)c1=O. The summed E-state index contributed by atoms with van der Waals surface area (Å²) in [6.45, 7) is 0.939. The van der Waals surface area contributed by atoms with Crippen LogP contribution in [0.5, 0.6) is 0 Å². The summed E-state index contributed by atoms with van der Waals surface area (Å²) < 4.78 is 117. The Balaban J connectivity index is 2.79. The fourth-order valence-electron chi connectivity index (χ4n) is 2.31. The minimum absolute atomic E-state index is 0.168. The number of nitrogens with zero attached hydrogens (tertiary/aromatic N) is 2. The van der Waals surface area contributed by atoms with Crippen molar-refractivity contribution in [1.29, 1.82) is 0 Å². The molecule has 2 rings (SSSR count). The monoisotopic (exact) mass is 531 g/mol. The van der Waals surface area contributed by atoms with Crippen molar-refractivity contribution in [2.75, 3.05) is 5.32 Å². The summed E-state index contributed by atoms with van der Waals surface area (Å²) in [5.74, 6) is -0.952. The molecule has 0 unspecified atom stereocenters. The minimum atomic E-state index is -5.23. The van der Waals surface area contributed by atoms with Crippen molar-refractivity contribution in [2.45, 2.75) is 32.0 Å². The molecule has 1 aromatic carbocycles. The molecule has 0 amide bonds. The van der Waals surface area contributed by atoms with Crippen LogP contribution in [0.2, 0.25) is 5.02 Å². The van der Waals surface area contributed by atoms with E-state index in [9.17, 15) is 44.3 Å². The van der Waals surface area contributed by atoms with Gasteiger partial charge in [-0.15, -0.1) is 0 Å². The number of anilines is 2. The first kappa shape index (κ1) is 24.3. The highest BCUT2D eigenvalue weighted by Crippen LogP contribution is 2.43. The van der Waals surface area contributed by atoms with Crippen LogP contribution in [-0.4, -0.2) is 9.55 Å². The largest absolute Gasteiger partial charge is 0.435 e. The third-order valence-corrected chi connectivity index (χ3v) is 4.85. The van der Waals surface area contributed by atoms with Crippen LogP contribution in [0.25, 0.3) is 0 Å². The summed E-state index contributed by atoms with van der Waals surface area (Å²) in [6, 6.07) is 0.0615. The molecule has 0 radical (unpaired) electrons. The first-order valence-corrected chi connectivity index (χ1v) is 8.78. The van der Waals surface area contributed by atoms with E-state index in [4.69, 9.17) is 11.6 Å². The number of alkyl halides is 9. The fraction of sp³-hybridized carbons (Fsp3) is 0.333. The van der Waals surface area contributed by atoms with Crippen LogP contribution in [0.4, 0.5) is 51.1 Å². The average molecular weight is 533 g/mol. The normalized spacial score (nSPS) is 12.9. The van der Waals surface area contributed by atoms with Crippen LogP contribution in [0, 0.1) is 0 Å². The van der Waals surface area contributed by atoms with Gasteiger partial charge in [-0.2, -0.15) is 39.5 Å². The molecule has 15 heteroatoms. The quantitative estimate of drug-likeness (QED) is 0.461. The van der Waals surface area contributed by atoms with Gasteiger partial charge in [0.05, 0.1) is 21.3 Å². The smallest absolute Gasteiger partial charge is 0.324 e. The second-order valence-corrected chi connectivity index (χ2v) is 6.82. The number of nitrogens with one attached hydrogen (secondary N) is 1. The number of benzene rings is 1. The van der Waals surface area contributed by atoms with Crippen LogP contribution in [-0.2, 0) is 25.1 Å². The van der Waals surface area contributed by atoms with Gasteiger partial charge in [-0.05, 0) is 35.0 Å². The Bertz CT molecular complexity index is 1030. The Morgan fingerprint density at radius 1 is 1.03 bits per heavy atom. The summed E-state index contributed by atoms with van der Waals surface area (Å²) in [5.41, 5.74) is -7.61. The van der Waals surface area contributed by atoms with Crippen molar-refractivity contribution in [3.05, 3.63) is 48.8 Å². The molecule has 30 heavy (non-hydrogen) atoms. The molecule has 2 aromatic rings. The van der Waals surface area contributed by atoms with E-state index in [0.29, 0.717) is 4.57 Å². The predicted octanol–water partition coefficient (Wildman–Crippen LogP) is 6.48. The summed E-state index contributed by atoms with van der Waals surface area (Å²) in [4.78, 5) is 15.2. The highest BCUT2D eigenvalue weighted by Gasteiger charge is 2.40. The van der Waals surface area contributed by atoms with E-state index in [1.807, 2.05) is 5.32 Å². The molecule has 1 aromatic heterocycles. The molecule has 0 aliphatic carbocycles. The molecule has 0 saturated carbocycles.